The maximum absolute atomic E-state index is 11.1. The van der Waals surface area contributed by atoms with Crippen molar-refractivity contribution in [1.82, 2.24) is 14.8 Å². The van der Waals surface area contributed by atoms with Crippen molar-refractivity contribution in [1.29, 1.82) is 0 Å². The van der Waals surface area contributed by atoms with Crippen LogP contribution in [0.4, 0.5) is 11.9 Å². The molecule has 10 nitrogen and oxygen atoms in total. The summed E-state index contributed by atoms with van der Waals surface area (Å²) >= 11 is 0. The highest BCUT2D eigenvalue weighted by molar-refractivity contribution is 5.77. The Morgan fingerprint density at radius 1 is 1.38 bits per heavy atom. The third-order valence-corrected chi connectivity index (χ3v) is 1.69. The smallest absolute Gasteiger partial charge is 0.390 e. The van der Waals surface area contributed by atoms with Crippen molar-refractivity contribution >= 4 is 17.7 Å². The van der Waals surface area contributed by atoms with Gasteiger partial charge in [0.2, 0.25) is 0 Å². The van der Waals surface area contributed by atoms with Gasteiger partial charge in [0.25, 0.3) is 0 Å². The molecule has 10 heteroatoms. The van der Waals surface area contributed by atoms with Gasteiger partial charge in [-0.3, -0.25) is 4.79 Å². The molecule has 0 saturated heterocycles. The van der Waals surface area contributed by atoms with Gasteiger partial charge in [-0.1, -0.05) is 11.6 Å². The summed E-state index contributed by atoms with van der Waals surface area (Å²) < 4.78 is 0.615. The maximum Gasteiger partial charge on any atom is 0.508 e. The molecule has 1 aromatic rings. The SMILES string of the molecule is CCC(=O)Cn1nc([N+](=O)[O-])nc1[N+](=O)[O-]. The first-order chi connectivity index (χ1) is 7.45. The maximum atomic E-state index is 11.1. The van der Waals surface area contributed by atoms with Crippen molar-refractivity contribution < 1.29 is 14.6 Å². The minimum absolute atomic E-state index is 0.158. The molecule has 0 N–H and O–H groups in total. The van der Waals surface area contributed by atoms with Crippen LogP contribution in [0, 0.1) is 20.2 Å². The van der Waals surface area contributed by atoms with Gasteiger partial charge in [0, 0.05) is 11.4 Å². The van der Waals surface area contributed by atoms with Crippen molar-refractivity contribution in [3.8, 4) is 0 Å². The van der Waals surface area contributed by atoms with Gasteiger partial charge in [0.05, 0.1) is 5.10 Å². The summed E-state index contributed by atoms with van der Waals surface area (Å²) in [6.07, 6.45) is 0.158. The molecule has 1 aromatic heterocycles. The van der Waals surface area contributed by atoms with E-state index in [2.05, 4.69) is 10.1 Å². The highest BCUT2D eigenvalue weighted by atomic mass is 16.6. The zero-order chi connectivity index (χ0) is 12.3. The summed E-state index contributed by atoms with van der Waals surface area (Å²) in [5, 5.41) is 24.0. The van der Waals surface area contributed by atoms with Crippen LogP contribution in [0.3, 0.4) is 0 Å². The van der Waals surface area contributed by atoms with E-state index in [0.717, 1.165) is 0 Å². The van der Waals surface area contributed by atoms with Gasteiger partial charge in [0.15, 0.2) is 12.3 Å². The lowest BCUT2D eigenvalue weighted by atomic mass is 10.3. The Hall–Kier alpha value is -2.39. The molecule has 1 rings (SSSR count). The number of Topliss-reactive ketones (excluding diaryl/α,β-unsaturated/α-hetero) is 1. The van der Waals surface area contributed by atoms with Gasteiger partial charge in [-0.25, -0.2) is 0 Å². The zero-order valence-electron chi connectivity index (χ0n) is 8.19. The van der Waals surface area contributed by atoms with Crippen LogP contribution in [0.2, 0.25) is 0 Å². The standard InChI is InChI=1S/C6H7N5O5/c1-2-4(12)3-9-6(11(15)16)7-5(8-9)10(13)14/h2-3H2,1H3. The Balaban J connectivity index is 3.10. The number of aromatic nitrogens is 3. The Bertz CT molecular complexity index is 452. The van der Waals surface area contributed by atoms with Crippen LogP contribution in [0.5, 0.6) is 0 Å². The van der Waals surface area contributed by atoms with E-state index >= 15 is 0 Å². The first-order valence-corrected chi connectivity index (χ1v) is 4.21. The van der Waals surface area contributed by atoms with Crippen LogP contribution in [-0.4, -0.2) is 30.4 Å². The molecule has 0 saturated carbocycles. The second-order valence-electron chi connectivity index (χ2n) is 2.78. The molecule has 0 radical (unpaired) electrons. The van der Waals surface area contributed by atoms with E-state index in [4.69, 9.17) is 0 Å². The van der Waals surface area contributed by atoms with E-state index in [0.29, 0.717) is 4.68 Å². The molecule has 0 atom stereocenters. The number of nitrogens with zero attached hydrogens (tertiary/aromatic N) is 5. The molecular weight excluding hydrogens is 222 g/mol. The molecule has 1 heterocycles. The highest BCUT2D eigenvalue weighted by Gasteiger charge is 2.29. The highest BCUT2D eigenvalue weighted by Crippen LogP contribution is 2.13. The molecular formula is C6H7N5O5. The number of carbonyl (C=O) groups is 1. The van der Waals surface area contributed by atoms with E-state index in [1.54, 1.807) is 6.92 Å². The second-order valence-corrected chi connectivity index (χ2v) is 2.78. The summed E-state index contributed by atoms with van der Waals surface area (Å²) in [7, 11) is 0. The molecule has 0 fully saturated rings. The third kappa shape index (κ3) is 2.34. The Kier molecular flexibility index (Phi) is 3.23. The lowest BCUT2D eigenvalue weighted by Gasteiger charge is -1.93. The molecule has 0 spiro atoms. The van der Waals surface area contributed by atoms with Crippen LogP contribution in [0.25, 0.3) is 0 Å². The van der Waals surface area contributed by atoms with Crippen molar-refractivity contribution in [2.24, 2.45) is 0 Å². The van der Waals surface area contributed by atoms with Gasteiger partial charge in [-0.2, -0.15) is 0 Å². The van der Waals surface area contributed by atoms with E-state index in [-0.39, 0.29) is 12.2 Å². The van der Waals surface area contributed by atoms with Gasteiger partial charge >= 0.3 is 11.9 Å². The van der Waals surface area contributed by atoms with Gasteiger partial charge in [-0.05, 0) is 9.85 Å². The lowest BCUT2D eigenvalue weighted by molar-refractivity contribution is -0.403. The number of ketones is 1. The van der Waals surface area contributed by atoms with Crippen LogP contribution in [0.15, 0.2) is 0 Å². The number of carbonyl (C=O) groups excluding carboxylic acids is 1. The number of hydrogen-bond donors (Lipinski definition) is 0. The second kappa shape index (κ2) is 4.42. The first-order valence-electron chi connectivity index (χ1n) is 4.21. The minimum atomic E-state index is -0.958. The number of nitro groups is 2. The molecule has 0 aliphatic carbocycles. The Morgan fingerprint density at radius 3 is 2.44 bits per heavy atom. The Morgan fingerprint density at radius 2 is 2.00 bits per heavy atom. The fourth-order valence-corrected chi connectivity index (χ4v) is 0.920. The molecule has 86 valence electrons. The van der Waals surface area contributed by atoms with Gasteiger partial charge in [-0.15, -0.1) is 0 Å². The number of hydrogen-bond acceptors (Lipinski definition) is 7. The molecule has 0 aliphatic rings. The van der Waals surface area contributed by atoms with Gasteiger partial charge in [0.1, 0.15) is 0 Å². The summed E-state index contributed by atoms with van der Waals surface area (Å²) in [6.45, 7) is 1.17. The van der Waals surface area contributed by atoms with E-state index < -0.39 is 28.3 Å². The summed E-state index contributed by atoms with van der Waals surface area (Å²) in [6, 6.07) is 0. The molecule has 0 aliphatic heterocycles. The first kappa shape index (κ1) is 11.7. The molecule has 16 heavy (non-hydrogen) atoms. The molecule has 0 aromatic carbocycles. The van der Waals surface area contributed by atoms with Crippen molar-refractivity contribution in [2.75, 3.05) is 0 Å². The van der Waals surface area contributed by atoms with E-state index in [9.17, 15) is 25.0 Å². The van der Waals surface area contributed by atoms with Crippen molar-refractivity contribution in [3.05, 3.63) is 20.2 Å². The molecule has 0 bridgehead atoms. The fourth-order valence-electron chi connectivity index (χ4n) is 0.920. The average Bonchev–Trinajstić information content (AvgIpc) is 2.61. The quantitative estimate of drug-likeness (QED) is 0.515. The lowest BCUT2D eigenvalue weighted by Crippen LogP contribution is -2.12. The fraction of sp³-hybridized carbons (Fsp3) is 0.500. The summed E-state index contributed by atoms with van der Waals surface area (Å²) in [5.74, 6) is -2.04. The van der Waals surface area contributed by atoms with Gasteiger partial charge < -0.3 is 20.2 Å². The monoisotopic (exact) mass is 229 g/mol. The molecule has 0 amide bonds. The van der Waals surface area contributed by atoms with E-state index in [1.165, 1.54) is 0 Å². The van der Waals surface area contributed by atoms with Crippen LogP contribution in [0.1, 0.15) is 13.3 Å². The van der Waals surface area contributed by atoms with Crippen LogP contribution >= 0.6 is 0 Å². The van der Waals surface area contributed by atoms with Crippen molar-refractivity contribution in [2.45, 2.75) is 19.9 Å². The predicted molar refractivity (Wildman–Crippen MR) is 48.6 cm³/mol. The largest absolute Gasteiger partial charge is 0.508 e. The third-order valence-electron chi connectivity index (χ3n) is 1.69. The van der Waals surface area contributed by atoms with Crippen LogP contribution < -0.4 is 0 Å². The van der Waals surface area contributed by atoms with E-state index in [1.807, 2.05) is 0 Å². The average molecular weight is 229 g/mol. The predicted octanol–water partition coefficient (Wildman–Crippen LogP) is 0.0736. The van der Waals surface area contributed by atoms with Crippen molar-refractivity contribution in [3.63, 3.8) is 0 Å². The summed E-state index contributed by atoms with van der Waals surface area (Å²) in [5.41, 5.74) is 0. The number of rotatable bonds is 5. The Labute approximate surface area is 88.2 Å². The minimum Gasteiger partial charge on any atom is -0.390 e. The topological polar surface area (TPSA) is 134 Å². The van der Waals surface area contributed by atoms with Crippen LogP contribution in [-0.2, 0) is 11.3 Å². The molecule has 0 unspecified atom stereocenters. The normalized spacial score (nSPS) is 10.1. The zero-order valence-corrected chi connectivity index (χ0v) is 8.19. The summed E-state index contributed by atoms with van der Waals surface area (Å²) in [4.78, 5) is 33.0.